The summed E-state index contributed by atoms with van der Waals surface area (Å²) in [6.07, 6.45) is 0.813. The Kier molecular flexibility index (Phi) is 6.79. The molecule has 1 amide bonds. The third kappa shape index (κ3) is 5.25. The molecular formula is C20H19Cl3N2O3S. The number of amides is 1. The lowest BCUT2D eigenvalue weighted by Gasteiger charge is -2.08. The van der Waals surface area contributed by atoms with E-state index in [9.17, 15) is 13.2 Å². The van der Waals surface area contributed by atoms with Crippen LogP contribution in [-0.2, 0) is 16.4 Å². The second-order valence-electron chi connectivity index (χ2n) is 6.69. The van der Waals surface area contributed by atoms with E-state index in [2.05, 4.69) is 9.71 Å². The highest BCUT2D eigenvalue weighted by molar-refractivity contribution is 7.90. The first-order valence-corrected chi connectivity index (χ1v) is 11.8. The van der Waals surface area contributed by atoms with E-state index in [0.717, 1.165) is 27.7 Å². The smallest absolute Gasteiger partial charge is 0.264 e. The van der Waals surface area contributed by atoms with Gasteiger partial charge in [-0.25, -0.2) is 13.1 Å². The van der Waals surface area contributed by atoms with Crippen molar-refractivity contribution in [1.82, 2.24) is 9.71 Å². The van der Waals surface area contributed by atoms with Gasteiger partial charge < -0.3 is 4.98 Å². The molecule has 0 atom stereocenters. The van der Waals surface area contributed by atoms with Gasteiger partial charge in [0.25, 0.3) is 5.91 Å². The molecule has 0 fully saturated rings. The maximum atomic E-state index is 12.5. The number of aromatic amines is 1. The van der Waals surface area contributed by atoms with E-state index >= 15 is 0 Å². The highest BCUT2D eigenvalue weighted by Crippen LogP contribution is 2.29. The van der Waals surface area contributed by atoms with E-state index in [1.54, 1.807) is 30.3 Å². The van der Waals surface area contributed by atoms with Gasteiger partial charge in [0.2, 0.25) is 10.0 Å². The van der Waals surface area contributed by atoms with Gasteiger partial charge in [-0.2, -0.15) is 0 Å². The second-order valence-corrected chi connectivity index (χ2v) is 9.76. The fourth-order valence-corrected chi connectivity index (χ4v) is 4.90. The first-order valence-electron chi connectivity index (χ1n) is 8.86. The molecule has 1 heterocycles. The van der Waals surface area contributed by atoms with Gasteiger partial charge in [-0.15, -0.1) is 11.6 Å². The average Bonchev–Trinajstić information content (AvgIpc) is 2.96. The molecule has 0 radical (unpaired) electrons. The Hall–Kier alpha value is -1.73. The molecule has 154 valence electrons. The van der Waals surface area contributed by atoms with Crippen LogP contribution in [0.1, 0.15) is 33.6 Å². The van der Waals surface area contributed by atoms with Crippen molar-refractivity contribution < 1.29 is 13.2 Å². The Labute approximate surface area is 184 Å². The number of aryl methyl sites for hydroxylation is 1. The van der Waals surface area contributed by atoms with Gasteiger partial charge in [-0.1, -0.05) is 29.3 Å². The fraction of sp³-hybridized carbons (Fsp3) is 0.250. The number of sulfonamides is 1. The van der Waals surface area contributed by atoms with Gasteiger partial charge in [-0.3, -0.25) is 4.79 Å². The topological polar surface area (TPSA) is 79.0 Å². The van der Waals surface area contributed by atoms with Gasteiger partial charge >= 0.3 is 0 Å². The number of H-pyrrole nitrogens is 1. The van der Waals surface area contributed by atoms with Crippen LogP contribution in [0.25, 0.3) is 10.9 Å². The molecule has 0 spiro atoms. The van der Waals surface area contributed by atoms with Crippen molar-refractivity contribution in [3.8, 4) is 0 Å². The van der Waals surface area contributed by atoms with Gasteiger partial charge in [0.1, 0.15) is 0 Å². The lowest BCUT2D eigenvalue weighted by atomic mass is 10.0. The van der Waals surface area contributed by atoms with E-state index in [-0.39, 0.29) is 23.6 Å². The minimum atomic E-state index is -3.73. The SMILES string of the molecule is Cc1[nH]c2ccc(C(=O)NS(=O)(=O)CCCCl)cc2c1Cc1ccc(Cl)cc1Cl. The number of carbonyl (C=O) groups excluding carboxylic acids is 1. The molecule has 2 N–H and O–H groups in total. The second kappa shape index (κ2) is 8.96. The number of benzene rings is 2. The maximum absolute atomic E-state index is 12.5. The van der Waals surface area contributed by atoms with Crippen LogP contribution in [-0.4, -0.2) is 30.9 Å². The normalized spacial score (nSPS) is 11.7. The van der Waals surface area contributed by atoms with Crippen LogP contribution < -0.4 is 4.72 Å². The van der Waals surface area contributed by atoms with E-state index in [1.165, 1.54) is 0 Å². The fourth-order valence-electron chi connectivity index (χ4n) is 3.10. The highest BCUT2D eigenvalue weighted by atomic mass is 35.5. The number of alkyl halides is 1. The number of hydrogen-bond acceptors (Lipinski definition) is 3. The number of aromatic nitrogens is 1. The summed E-state index contributed by atoms with van der Waals surface area (Å²) in [4.78, 5) is 15.8. The van der Waals surface area contributed by atoms with Gasteiger partial charge in [-0.05, 0) is 54.8 Å². The van der Waals surface area contributed by atoms with Gasteiger partial charge in [0, 0.05) is 44.5 Å². The minimum absolute atomic E-state index is 0.200. The zero-order valence-corrected chi connectivity index (χ0v) is 18.6. The Balaban J connectivity index is 1.93. The molecule has 0 bridgehead atoms. The quantitative estimate of drug-likeness (QED) is 0.471. The van der Waals surface area contributed by atoms with Crippen LogP contribution >= 0.6 is 34.8 Å². The van der Waals surface area contributed by atoms with Crippen LogP contribution in [0.15, 0.2) is 36.4 Å². The lowest BCUT2D eigenvalue weighted by molar-refractivity contribution is 0.0981. The third-order valence-corrected chi connectivity index (χ3v) is 6.74. The number of fused-ring (bicyclic) bond motifs is 1. The third-order valence-electron chi connectivity index (χ3n) is 4.56. The van der Waals surface area contributed by atoms with E-state index in [0.29, 0.717) is 16.5 Å². The van der Waals surface area contributed by atoms with E-state index in [1.807, 2.05) is 13.0 Å². The standard InChI is InChI=1S/C20H19Cl3N2O3S/c1-12-16(9-13-3-5-15(22)11-18(13)23)17-10-14(4-6-19(17)24-12)20(26)25-29(27,28)8-2-7-21/h3-6,10-11,24H,2,7-9H2,1H3,(H,25,26). The lowest BCUT2D eigenvalue weighted by Crippen LogP contribution is -2.32. The first kappa shape index (κ1) is 22.0. The van der Waals surface area contributed by atoms with Crippen molar-refractivity contribution in [3.05, 3.63) is 68.8 Å². The molecule has 0 aliphatic carbocycles. The zero-order chi connectivity index (χ0) is 21.2. The Morgan fingerprint density at radius 3 is 2.59 bits per heavy atom. The van der Waals surface area contributed by atoms with Crippen molar-refractivity contribution in [3.63, 3.8) is 0 Å². The summed E-state index contributed by atoms with van der Waals surface area (Å²) in [6, 6.07) is 10.4. The molecule has 0 aliphatic heterocycles. The molecule has 0 unspecified atom stereocenters. The maximum Gasteiger partial charge on any atom is 0.264 e. The highest BCUT2D eigenvalue weighted by Gasteiger charge is 2.18. The van der Waals surface area contributed by atoms with Crippen LogP contribution in [0.3, 0.4) is 0 Å². The minimum Gasteiger partial charge on any atom is -0.358 e. The van der Waals surface area contributed by atoms with Crippen molar-refractivity contribution in [2.24, 2.45) is 0 Å². The summed E-state index contributed by atoms with van der Waals surface area (Å²) >= 11 is 17.8. The summed E-state index contributed by atoms with van der Waals surface area (Å²) in [6.45, 7) is 1.94. The van der Waals surface area contributed by atoms with Crippen LogP contribution in [0.4, 0.5) is 0 Å². The number of carbonyl (C=O) groups is 1. The summed E-state index contributed by atoms with van der Waals surface area (Å²) < 4.78 is 26.1. The molecule has 5 nitrogen and oxygen atoms in total. The average molecular weight is 474 g/mol. The Morgan fingerprint density at radius 2 is 1.90 bits per heavy atom. The largest absolute Gasteiger partial charge is 0.358 e. The molecule has 0 aliphatic rings. The Bertz CT molecular complexity index is 1170. The molecular weight excluding hydrogens is 455 g/mol. The summed E-state index contributed by atoms with van der Waals surface area (Å²) in [7, 11) is -3.73. The predicted molar refractivity (Wildman–Crippen MR) is 119 cm³/mol. The monoisotopic (exact) mass is 472 g/mol. The molecule has 0 saturated heterocycles. The molecule has 9 heteroatoms. The Morgan fingerprint density at radius 1 is 1.14 bits per heavy atom. The number of nitrogens with one attached hydrogen (secondary N) is 2. The van der Waals surface area contributed by atoms with E-state index < -0.39 is 15.9 Å². The molecule has 0 saturated carbocycles. The molecule has 3 aromatic rings. The van der Waals surface area contributed by atoms with Crippen LogP contribution in [0, 0.1) is 6.92 Å². The van der Waals surface area contributed by atoms with Gasteiger partial charge in [0.15, 0.2) is 0 Å². The van der Waals surface area contributed by atoms with Gasteiger partial charge in [0.05, 0.1) is 5.75 Å². The van der Waals surface area contributed by atoms with Crippen LogP contribution in [0.2, 0.25) is 10.0 Å². The zero-order valence-electron chi connectivity index (χ0n) is 15.6. The molecule has 1 aromatic heterocycles. The summed E-state index contributed by atoms with van der Waals surface area (Å²) in [5, 5.41) is 1.95. The van der Waals surface area contributed by atoms with Crippen molar-refractivity contribution in [2.45, 2.75) is 19.8 Å². The predicted octanol–water partition coefficient (Wildman–Crippen LogP) is 5.06. The number of halogens is 3. The first-order chi connectivity index (χ1) is 13.7. The summed E-state index contributed by atoms with van der Waals surface area (Å²) in [5.41, 5.74) is 3.93. The van der Waals surface area contributed by atoms with Crippen molar-refractivity contribution in [2.75, 3.05) is 11.6 Å². The molecule has 3 rings (SSSR count). The molecule has 29 heavy (non-hydrogen) atoms. The number of rotatable bonds is 7. The van der Waals surface area contributed by atoms with Crippen molar-refractivity contribution in [1.29, 1.82) is 0 Å². The summed E-state index contributed by atoms with van der Waals surface area (Å²) in [5.74, 6) is -0.662. The van der Waals surface area contributed by atoms with Crippen molar-refractivity contribution >= 4 is 61.6 Å². The van der Waals surface area contributed by atoms with Crippen LogP contribution in [0.5, 0.6) is 0 Å². The molecule has 2 aromatic carbocycles. The number of hydrogen-bond donors (Lipinski definition) is 2. The van der Waals surface area contributed by atoms with E-state index in [4.69, 9.17) is 34.8 Å².